The summed E-state index contributed by atoms with van der Waals surface area (Å²) in [6.45, 7) is 2.17. The van der Waals surface area contributed by atoms with Gasteiger partial charge in [0.25, 0.3) is 6.01 Å². The topological polar surface area (TPSA) is 72.2 Å². The summed E-state index contributed by atoms with van der Waals surface area (Å²) in [5.41, 5.74) is 2.01. The number of fused-ring (bicyclic) bond motifs is 1. The van der Waals surface area contributed by atoms with Gasteiger partial charge in [0.2, 0.25) is 0 Å². The van der Waals surface area contributed by atoms with Gasteiger partial charge in [-0.15, -0.1) is 0 Å². The molecule has 0 atom stereocenters. The van der Waals surface area contributed by atoms with Gasteiger partial charge in [-0.3, -0.25) is 0 Å². The second-order valence-corrected chi connectivity index (χ2v) is 7.63. The lowest BCUT2D eigenvalue weighted by Crippen LogP contribution is -2.05. The highest BCUT2D eigenvalue weighted by molar-refractivity contribution is 7.91. The lowest BCUT2D eigenvalue weighted by molar-refractivity contribution is 0.597. The van der Waals surface area contributed by atoms with Gasteiger partial charge in [0.1, 0.15) is 11.3 Å². The highest BCUT2D eigenvalue weighted by Crippen LogP contribution is 2.23. The Balaban J connectivity index is 1.70. The number of nitrogens with zero attached hydrogens (tertiary/aromatic N) is 1. The maximum Gasteiger partial charge on any atom is 0.295 e. The zero-order valence-corrected chi connectivity index (χ0v) is 13.9. The van der Waals surface area contributed by atoms with Crippen LogP contribution in [0.4, 0.5) is 10.4 Å². The Morgan fingerprint density at radius 2 is 1.92 bits per heavy atom. The Hall–Kier alpha value is -2.41. The number of hydrogen-bond donors (Lipinski definition) is 1. The predicted molar refractivity (Wildman–Crippen MR) is 90.3 cm³/mol. The molecule has 0 radical (unpaired) electrons. The third kappa shape index (κ3) is 3.56. The van der Waals surface area contributed by atoms with E-state index in [1.807, 2.05) is 0 Å². The largest absolute Gasteiger partial charge is 0.424 e. The van der Waals surface area contributed by atoms with Crippen LogP contribution in [0.5, 0.6) is 0 Å². The number of anilines is 1. The SMILES string of the molecule is CCS(=O)(=O)c1ccc2oc(NCCc3ccc(F)cc3)nc2c1. The molecule has 2 aromatic carbocycles. The summed E-state index contributed by atoms with van der Waals surface area (Å²) in [6.07, 6.45) is 0.689. The summed E-state index contributed by atoms with van der Waals surface area (Å²) < 4.78 is 42.2. The average Bonchev–Trinajstić information content (AvgIpc) is 2.98. The zero-order chi connectivity index (χ0) is 17.2. The zero-order valence-electron chi connectivity index (χ0n) is 13.1. The Labute approximate surface area is 139 Å². The molecule has 0 bridgehead atoms. The van der Waals surface area contributed by atoms with Gasteiger partial charge in [0.05, 0.1) is 10.6 Å². The molecule has 0 spiro atoms. The molecular formula is C17H17FN2O3S. The summed E-state index contributed by atoms with van der Waals surface area (Å²) >= 11 is 0. The lowest BCUT2D eigenvalue weighted by Gasteiger charge is -2.01. The minimum atomic E-state index is -3.27. The van der Waals surface area contributed by atoms with Crippen molar-refractivity contribution in [3.8, 4) is 0 Å². The van der Waals surface area contributed by atoms with Gasteiger partial charge in [-0.2, -0.15) is 4.98 Å². The van der Waals surface area contributed by atoms with Crippen LogP contribution in [-0.4, -0.2) is 25.7 Å². The highest BCUT2D eigenvalue weighted by Gasteiger charge is 2.14. The van der Waals surface area contributed by atoms with E-state index < -0.39 is 9.84 Å². The van der Waals surface area contributed by atoms with Gasteiger partial charge in [0, 0.05) is 6.54 Å². The van der Waals surface area contributed by atoms with Crippen molar-refractivity contribution in [1.29, 1.82) is 0 Å². The number of oxazole rings is 1. The van der Waals surface area contributed by atoms with E-state index >= 15 is 0 Å². The summed E-state index contributed by atoms with van der Waals surface area (Å²) in [5.74, 6) is -0.220. The van der Waals surface area contributed by atoms with Crippen LogP contribution in [0.3, 0.4) is 0 Å². The first-order valence-corrected chi connectivity index (χ1v) is 9.25. The van der Waals surface area contributed by atoms with Crippen LogP contribution in [0.2, 0.25) is 0 Å². The van der Waals surface area contributed by atoms with Gasteiger partial charge in [-0.25, -0.2) is 12.8 Å². The van der Waals surface area contributed by atoms with Gasteiger partial charge >= 0.3 is 0 Å². The van der Waals surface area contributed by atoms with Crippen molar-refractivity contribution in [2.45, 2.75) is 18.2 Å². The van der Waals surface area contributed by atoms with Crippen LogP contribution in [-0.2, 0) is 16.3 Å². The Morgan fingerprint density at radius 1 is 1.17 bits per heavy atom. The minimum absolute atomic E-state index is 0.0408. The number of aromatic nitrogens is 1. The van der Waals surface area contributed by atoms with Gasteiger partial charge in [-0.05, 0) is 42.3 Å². The second-order valence-electron chi connectivity index (χ2n) is 5.36. The first-order chi connectivity index (χ1) is 11.5. The monoisotopic (exact) mass is 348 g/mol. The fourth-order valence-electron chi connectivity index (χ4n) is 2.31. The van der Waals surface area contributed by atoms with E-state index in [0.717, 1.165) is 5.56 Å². The molecule has 3 aromatic rings. The van der Waals surface area contributed by atoms with E-state index in [-0.39, 0.29) is 16.5 Å². The molecule has 0 aliphatic carbocycles. The van der Waals surface area contributed by atoms with Crippen LogP contribution in [0, 0.1) is 5.82 Å². The van der Waals surface area contributed by atoms with Crippen LogP contribution in [0.25, 0.3) is 11.1 Å². The summed E-state index contributed by atoms with van der Waals surface area (Å²) in [7, 11) is -3.27. The number of rotatable bonds is 6. The molecule has 1 aromatic heterocycles. The Morgan fingerprint density at radius 3 is 2.62 bits per heavy atom. The molecule has 0 aliphatic rings. The first kappa shape index (κ1) is 16.4. The third-order valence-electron chi connectivity index (χ3n) is 3.70. The van der Waals surface area contributed by atoms with Crippen molar-refractivity contribution in [2.75, 3.05) is 17.6 Å². The second kappa shape index (κ2) is 6.60. The smallest absolute Gasteiger partial charge is 0.295 e. The lowest BCUT2D eigenvalue weighted by atomic mass is 10.1. The minimum Gasteiger partial charge on any atom is -0.424 e. The van der Waals surface area contributed by atoms with Crippen molar-refractivity contribution >= 4 is 27.0 Å². The molecule has 0 unspecified atom stereocenters. The van der Waals surface area contributed by atoms with E-state index in [4.69, 9.17) is 4.42 Å². The number of halogens is 1. The summed E-state index contributed by atoms with van der Waals surface area (Å²) in [4.78, 5) is 4.50. The molecule has 1 heterocycles. The normalized spacial score (nSPS) is 11.8. The van der Waals surface area contributed by atoms with E-state index in [2.05, 4.69) is 10.3 Å². The van der Waals surface area contributed by atoms with Crippen LogP contribution < -0.4 is 5.32 Å². The van der Waals surface area contributed by atoms with Gasteiger partial charge < -0.3 is 9.73 Å². The molecular weight excluding hydrogens is 331 g/mol. The predicted octanol–water partition coefficient (Wildman–Crippen LogP) is 3.42. The quantitative estimate of drug-likeness (QED) is 0.739. The van der Waals surface area contributed by atoms with E-state index in [1.165, 1.54) is 24.3 Å². The number of nitrogens with one attached hydrogen (secondary N) is 1. The number of sulfone groups is 1. The van der Waals surface area contributed by atoms with Crippen molar-refractivity contribution in [3.05, 3.63) is 53.8 Å². The number of benzene rings is 2. The van der Waals surface area contributed by atoms with E-state index in [1.54, 1.807) is 25.1 Å². The highest BCUT2D eigenvalue weighted by atomic mass is 32.2. The fraction of sp³-hybridized carbons (Fsp3) is 0.235. The van der Waals surface area contributed by atoms with E-state index in [0.29, 0.717) is 30.1 Å². The average molecular weight is 348 g/mol. The maximum atomic E-state index is 12.9. The van der Waals surface area contributed by atoms with Crippen molar-refractivity contribution in [1.82, 2.24) is 4.98 Å². The van der Waals surface area contributed by atoms with Gasteiger partial charge in [-0.1, -0.05) is 19.1 Å². The molecule has 3 rings (SSSR count). The van der Waals surface area contributed by atoms with Crippen LogP contribution in [0.15, 0.2) is 51.8 Å². The van der Waals surface area contributed by atoms with Crippen molar-refractivity contribution in [3.63, 3.8) is 0 Å². The third-order valence-corrected chi connectivity index (χ3v) is 5.43. The molecule has 7 heteroatoms. The Kier molecular flexibility index (Phi) is 4.53. The summed E-state index contributed by atoms with van der Waals surface area (Å²) in [5, 5.41) is 3.05. The van der Waals surface area contributed by atoms with Gasteiger partial charge in [0.15, 0.2) is 15.4 Å². The molecule has 5 nitrogen and oxygen atoms in total. The standard InChI is InChI=1S/C17H17FN2O3S/c1-2-24(21,22)14-7-8-16-15(11-14)20-17(23-16)19-10-9-12-3-5-13(18)6-4-12/h3-8,11H,2,9-10H2,1H3,(H,19,20). The molecule has 0 fully saturated rings. The molecule has 0 saturated heterocycles. The van der Waals surface area contributed by atoms with Crippen LogP contribution in [0.1, 0.15) is 12.5 Å². The van der Waals surface area contributed by atoms with Crippen molar-refractivity contribution < 1.29 is 17.2 Å². The number of hydrogen-bond acceptors (Lipinski definition) is 5. The maximum absolute atomic E-state index is 12.9. The van der Waals surface area contributed by atoms with Crippen LogP contribution >= 0.6 is 0 Å². The molecule has 0 saturated carbocycles. The molecule has 0 aliphatic heterocycles. The first-order valence-electron chi connectivity index (χ1n) is 7.59. The van der Waals surface area contributed by atoms with Crippen molar-refractivity contribution in [2.24, 2.45) is 0 Å². The summed E-state index contributed by atoms with van der Waals surface area (Å²) in [6, 6.07) is 11.3. The molecule has 126 valence electrons. The fourth-order valence-corrected chi connectivity index (χ4v) is 3.21. The molecule has 0 amide bonds. The molecule has 24 heavy (non-hydrogen) atoms. The molecule has 1 N–H and O–H groups in total. The Bertz CT molecular complexity index is 950. The van der Waals surface area contributed by atoms with E-state index in [9.17, 15) is 12.8 Å².